The van der Waals surface area contributed by atoms with Crippen molar-refractivity contribution < 1.29 is 4.74 Å². The lowest BCUT2D eigenvalue weighted by Gasteiger charge is -2.14. The molecule has 0 aromatic rings. The minimum atomic E-state index is 0.490. The van der Waals surface area contributed by atoms with E-state index >= 15 is 0 Å². The molecule has 0 aromatic heterocycles. The predicted octanol–water partition coefficient (Wildman–Crippen LogP) is 1.80. The highest BCUT2D eigenvalue weighted by molar-refractivity contribution is 4.98. The maximum atomic E-state index is 5.30. The quantitative estimate of drug-likeness (QED) is 0.480. The molecule has 0 heterocycles. The Morgan fingerprint density at radius 2 is 2.15 bits per heavy atom. The first-order valence-corrected chi connectivity index (χ1v) is 5.05. The van der Waals surface area contributed by atoms with Gasteiger partial charge in [-0.1, -0.05) is 6.92 Å². The number of rotatable bonds is 7. The van der Waals surface area contributed by atoms with Gasteiger partial charge in [0.25, 0.3) is 0 Å². The van der Waals surface area contributed by atoms with E-state index in [1.165, 1.54) is 0 Å². The van der Waals surface area contributed by atoms with Crippen molar-refractivity contribution in [1.82, 2.24) is 5.32 Å². The highest BCUT2D eigenvalue weighted by Crippen LogP contribution is 1.97. The summed E-state index contributed by atoms with van der Waals surface area (Å²) in [5.41, 5.74) is 0. The average Bonchev–Trinajstić information content (AvgIpc) is 2.14. The molecule has 0 aliphatic heterocycles. The molecule has 0 rings (SSSR count). The summed E-state index contributed by atoms with van der Waals surface area (Å²) in [5.74, 6) is 6.01. The van der Waals surface area contributed by atoms with Crippen LogP contribution in [0.3, 0.4) is 0 Å². The molecule has 0 radical (unpaired) electrons. The van der Waals surface area contributed by atoms with Crippen molar-refractivity contribution in [3.8, 4) is 11.8 Å². The van der Waals surface area contributed by atoms with E-state index in [-0.39, 0.29) is 0 Å². The molecular formula is C11H21NO. The topological polar surface area (TPSA) is 21.3 Å². The second-order valence-electron chi connectivity index (χ2n) is 2.87. The Bertz CT molecular complexity index is 157. The van der Waals surface area contributed by atoms with E-state index in [0.717, 1.165) is 32.6 Å². The van der Waals surface area contributed by atoms with Crippen molar-refractivity contribution in [3.63, 3.8) is 0 Å². The largest absolute Gasteiger partial charge is 0.382 e. The first kappa shape index (κ1) is 12.5. The van der Waals surface area contributed by atoms with Crippen molar-refractivity contribution in [3.05, 3.63) is 0 Å². The van der Waals surface area contributed by atoms with E-state index in [0.29, 0.717) is 6.04 Å². The van der Waals surface area contributed by atoms with E-state index in [9.17, 15) is 0 Å². The summed E-state index contributed by atoms with van der Waals surface area (Å²) >= 11 is 0. The van der Waals surface area contributed by atoms with Gasteiger partial charge in [0.15, 0.2) is 0 Å². The van der Waals surface area contributed by atoms with Gasteiger partial charge in [0.05, 0.1) is 0 Å². The molecule has 0 fully saturated rings. The molecule has 0 saturated carbocycles. The van der Waals surface area contributed by atoms with Gasteiger partial charge in [-0.3, -0.25) is 0 Å². The molecule has 0 bridgehead atoms. The van der Waals surface area contributed by atoms with Crippen LogP contribution in [0.4, 0.5) is 0 Å². The lowest BCUT2D eigenvalue weighted by Crippen LogP contribution is -2.29. The number of nitrogens with one attached hydrogen (secondary N) is 1. The Balaban J connectivity index is 3.57. The zero-order valence-electron chi connectivity index (χ0n) is 9.02. The third kappa shape index (κ3) is 7.83. The molecule has 1 N–H and O–H groups in total. The minimum Gasteiger partial charge on any atom is -0.382 e. The van der Waals surface area contributed by atoms with Crippen LogP contribution < -0.4 is 5.32 Å². The second kappa shape index (κ2) is 9.57. The van der Waals surface area contributed by atoms with Crippen LogP contribution >= 0.6 is 0 Å². The Morgan fingerprint density at radius 1 is 1.38 bits per heavy atom. The summed E-state index contributed by atoms with van der Waals surface area (Å²) in [6, 6.07) is 0.490. The van der Waals surface area contributed by atoms with Crippen LogP contribution in [-0.2, 0) is 4.74 Å². The van der Waals surface area contributed by atoms with Gasteiger partial charge in [-0.25, -0.2) is 0 Å². The molecule has 0 amide bonds. The highest BCUT2D eigenvalue weighted by Gasteiger charge is 2.04. The maximum absolute atomic E-state index is 5.30. The summed E-state index contributed by atoms with van der Waals surface area (Å²) in [7, 11) is 0. The van der Waals surface area contributed by atoms with E-state index in [1.807, 2.05) is 13.8 Å². The Kier molecular flexibility index (Phi) is 9.18. The number of hydrogen-bond donors (Lipinski definition) is 1. The number of hydrogen-bond acceptors (Lipinski definition) is 2. The molecule has 0 aliphatic rings. The first-order chi connectivity index (χ1) is 6.35. The van der Waals surface area contributed by atoms with Gasteiger partial charge in [-0.05, 0) is 26.8 Å². The summed E-state index contributed by atoms with van der Waals surface area (Å²) in [4.78, 5) is 0. The van der Waals surface area contributed by atoms with Gasteiger partial charge in [-0.15, -0.1) is 11.8 Å². The fourth-order valence-electron chi connectivity index (χ4n) is 1.16. The van der Waals surface area contributed by atoms with Gasteiger partial charge < -0.3 is 10.1 Å². The van der Waals surface area contributed by atoms with Gasteiger partial charge in [0.2, 0.25) is 0 Å². The minimum absolute atomic E-state index is 0.490. The van der Waals surface area contributed by atoms with Crippen molar-refractivity contribution in [2.75, 3.05) is 19.8 Å². The Hall–Kier alpha value is -0.520. The zero-order valence-corrected chi connectivity index (χ0v) is 9.02. The van der Waals surface area contributed by atoms with Crippen molar-refractivity contribution in [2.24, 2.45) is 0 Å². The third-order valence-electron chi connectivity index (χ3n) is 1.83. The van der Waals surface area contributed by atoms with Crippen LogP contribution in [0.25, 0.3) is 0 Å². The molecule has 1 atom stereocenters. The van der Waals surface area contributed by atoms with Crippen LogP contribution in [-0.4, -0.2) is 25.8 Å². The van der Waals surface area contributed by atoms with Crippen LogP contribution in [0.1, 0.15) is 33.6 Å². The maximum Gasteiger partial charge on any atom is 0.0481 e. The van der Waals surface area contributed by atoms with Gasteiger partial charge >= 0.3 is 0 Å². The van der Waals surface area contributed by atoms with E-state index in [2.05, 4.69) is 24.1 Å². The van der Waals surface area contributed by atoms with Crippen LogP contribution in [0.15, 0.2) is 0 Å². The first-order valence-electron chi connectivity index (χ1n) is 5.05. The van der Waals surface area contributed by atoms with E-state index in [1.54, 1.807) is 0 Å². The fraction of sp³-hybridized carbons (Fsp3) is 0.818. The standard InChI is InChI=1S/C11H21NO/c1-4-7-8-11(12-5-2)9-10-13-6-3/h11-12H,5-6,8-10H2,1-3H3. The van der Waals surface area contributed by atoms with Gasteiger partial charge in [0, 0.05) is 25.7 Å². The molecule has 2 heteroatoms. The monoisotopic (exact) mass is 183 g/mol. The molecule has 0 aromatic carbocycles. The molecule has 0 aliphatic carbocycles. The third-order valence-corrected chi connectivity index (χ3v) is 1.83. The van der Waals surface area contributed by atoms with Crippen molar-refractivity contribution >= 4 is 0 Å². The molecule has 13 heavy (non-hydrogen) atoms. The fourth-order valence-corrected chi connectivity index (χ4v) is 1.16. The molecule has 2 nitrogen and oxygen atoms in total. The molecule has 0 spiro atoms. The van der Waals surface area contributed by atoms with Crippen LogP contribution in [0, 0.1) is 11.8 Å². The zero-order chi connectivity index (χ0) is 9.94. The second-order valence-corrected chi connectivity index (χ2v) is 2.87. The summed E-state index contributed by atoms with van der Waals surface area (Å²) < 4.78 is 5.30. The Labute approximate surface area is 82.1 Å². The van der Waals surface area contributed by atoms with Crippen LogP contribution in [0.2, 0.25) is 0 Å². The van der Waals surface area contributed by atoms with Crippen molar-refractivity contribution in [2.45, 2.75) is 39.7 Å². The molecule has 76 valence electrons. The summed E-state index contributed by atoms with van der Waals surface area (Å²) in [6.45, 7) is 8.66. The molecule has 1 unspecified atom stereocenters. The molecular weight excluding hydrogens is 162 g/mol. The van der Waals surface area contributed by atoms with E-state index < -0.39 is 0 Å². The average molecular weight is 183 g/mol. The predicted molar refractivity (Wildman–Crippen MR) is 56.6 cm³/mol. The SMILES string of the molecule is CC#CCC(CCOCC)NCC. The summed E-state index contributed by atoms with van der Waals surface area (Å²) in [6.07, 6.45) is 1.98. The smallest absolute Gasteiger partial charge is 0.0481 e. The molecule has 0 saturated heterocycles. The van der Waals surface area contributed by atoms with Crippen LogP contribution in [0.5, 0.6) is 0 Å². The lowest BCUT2D eigenvalue weighted by molar-refractivity contribution is 0.137. The highest BCUT2D eigenvalue weighted by atomic mass is 16.5. The van der Waals surface area contributed by atoms with Crippen molar-refractivity contribution in [1.29, 1.82) is 0 Å². The van der Waals surface area contributed by atoms with E-state index in [4.69, 9.17) is 4.74 Å². The summed E-state index contributed by atoms with van der Waals surface area (Å²) in [5, 5.41) is 3.39. The Morgan fingerprint density at radius 3 is 2.69 bits per heavy atom. The number of ether oxygens (including phenoxy) is 1. The normalized spacial score (nSPS) is 11.9. The van der Waals surface area contributed by atoms with Gasteiger partial charge in [0.1, 0.15) is 0 Å². The lowest BCUT2D eigenvalue weighted by atomic mass is 10.1. The van der Waals surface area contributed by atoms with Gasteiger partial charge in [-0.2, -0.15) is 0 Å².